The topological polar surface area (TPSA) is 134 Å². The van der Waals surface area contributed by atoms with E-state index >= 15 is 0 Å². The van der Waals surface area contributed by atoms with Gasteiger partial charge in [-0.3, -0.25) is 10.1 Å². The minimum absolute atomic E-state index is 0.00330. The van der Waals surface area contributed by atoms with E-state index < -0.39 is 33.7 Å². The molecule has 2 aromatic carbocycles. The molecule has 0 unspecified atom stereocenters. The normalized spacial score (nSPS) is 10.8. The second-order valence-electron chi connectivity index (χ2n) is 5.21. The highest BCUT2D eigenvalue weighted by Gasteiger charge is 2.19. The molecule has 0 atom stereocenters. The molecule has 0 saturated carbocycles. The first kappa shape index (κ1) is 18.5. The molecular formula is C18H14N2O6. The summed E-state index contributed by atoms with van der Waals surface area (Å²) in [5.41, 5.74) is -0.172. The van der Waals surface area contributed by atoms with Crippen LogP contribution in [0.1, 0.15) is 11.1 Å². The van der Waals surface area contributed by atoms with Gasteiger partial charge in [0.25, 0.3) is 0 Å². The Balaban J connectivity index is 2.13. The summed E-state index contributed by atoms with van der Waals surface area (Å²) in [4.78, 5) is 21.9. The summed E-state index contributed by atoms with van der Waals surface area (Å²) in [5, 5.41) is 38.9. The van der Waals surface area contributed by atoms with Crippen molar-refractivity contribution in [3.63, 3.8) is 0 Å². The van der Waals surface area contributed by atoms with E-state index in [0.717, 1.165) is 23.8 Å². The molecule has 0 aliphatic rings. The fourth-order valence-electron chi connectivity index (χ4n) is 2.14. The maximum atomic E-state index is 12.0. The van der Waals surface area contributed by atoms with Crippen LogP contribution in [0.5, 0.6) is 11.5 Å². The third-order valence-corrected chi connectivity index (χ3v) is 3.41. The Morgan fingerprint density at radius 2 is 1.96 bits per heavy atom. The second kappa shape index (κ2) is 8.30. The number of hydrogen-bond donors (Lipinski definition) is 2. The van der Waals surface area contributed by atoms with E-state index in [1.165, 1.54) is 0 Å². The third-order valence-electron chi connectivity index (χ3n) is 3.41. The van der Waals surface area contributed by atoms with Crippen LogP contribution in [0.3, 0.4) is 0 Å². The van der Waals surface area contributed by atoms with Gasteiger partial charge in [0, 0.05) is 12.5 Å². The quantitative estimate of drug-likeness (QED) is 0.203. The van der Waals surface area contributed by atoms with E-state index in [1.54, 1.807) is 6.07 Å². The van der Waals surface area contributed by atoms with Gasteiger partial charge >= 0.3 is 11.7 Å². The highest BCUT2D eigenvalue weighted by atomic mass is 16.6. The van der Waals surface area contributed by atoms with Crippen LogP contribution >= 0.6 is 0 Å². The number of nitro groups is 1. The number of nitriles is 1. The zero-order valence-corrected chi connectivity index (χ0v) is 13.5. The van der Waals surface area contributed by atoms with E-state index in [9.17, 15) is 25.1 Å². The van der Waals surface area contributed by atoms with E-state index in [0.29, 0.717) is 6.42 Å². The smallest absolute Gasteiger partial charge is 0.348 e. The van der Waals surface area contributed by atoms with Gasteiger partial charge in [-0.2, -0.15) is 5.26 Å². The third kappa shape index (κ3) is 4.58. The molecular weight excluding hydrogens is 340 g/mol. The lowest BCUT2D eigenvalue weighted by Crippen LogP contribution is -2.09. The van der Waals surface area contributed by atoms with Gasteiger partial charge in [-0.1, -0.05) is 30.3 Å². The Bertz CT molecular complexity index is 900. The monoisotopic (exact) mass is 354 g/mol. The van der Waals surface area contributed by atoms with Gasteiger partial charge in [0.2, 0.25) is 5.75 Å². The van der Waals surface area contributed by atoms with Gasteiger partial charge in [-0.05, 0) is 23.3 Å². The number of phenols is 2. The van der Waals surface area contributed by atoms with Crippen molar-refractivity contribution in [3.05, 3.63) is 69.3 Å². The Kier molecular flexibility index (Phi) is 5.90. The average molecular weight is 354 g/mol. The number of nitrogens with zero attached hydrogens (tertiary/aromatic N) is 2. The molecule has 0 amide bonds. The SMILES string of the molecule is N#C/C(=C\c1cc(O)c(O)c([N+](=O)[O-])c1)C(=O)OCCc1ccccc1. The second-order valence-corrected chi connectivity index (χ2v) is 5.21. The molecule has 0 bridgehead atoms. The van der Waals surface area contributed by atoms with E-state index in [4.69, 9.17) is 10.00 Å². The summed E-state index contributed by atoms with van der Waals surface area (Å²) >= 11 is 0. The molecule has 0 aromatic heterocycles. The maximum absolute atomic E-state index is 12.0. The number of benzene rings is 2. The molecule has 2 rings (SSSR count). The predicted molar refractivity (Wildman–Crippen MR) is 91.1 cm³/mol. The van der Waals surface area contributed by atoms with Gasteiger partial charge in [0.1, 0.15) is 11.6 Å². The largest absolute Gasteiger partial charge is 0.504 e. The number of nitro benzene ring substituents is 1. The first-order valence-electron chi connectivity index (χ1n) is 7.45. The lowest BCUT2D eigenvalue weighted by atomic mass is 10.1. The van der Waals surface area contributed by atoms with Crippen molar-refractivity contribution in [1.29, 1.82) is 5.26 Å². The van der Waals surface area contributed by atoms with Gasteiger partial charge in [-0.15, -0.1) is 0 Å². The molecule has 0 aliphatic heterocycles. The molecule has 2 aromatic rings. The summed E-state index contributed by atoms with van der Waals surface area (Å²) in [5.74, 6) is -2.52. The van der Waals surface area contributed by atoms with Gasteiger partial charge in [-0.25, -0.2) is 4.79 Å². The van der Waals surface area contributed by atoms with E-state index in [1.807, 2.05) is 30.3 Å². The van der Waals surface area contributed by atoms with Crippen molar-refractivity contribution in [1.82, 2.24) is 0 Å². The van der Waals surface area contributed by atoms with Crippen LogP contribution in [-0.2, 0) is 16.0 Å². The Morgan fingerprint density at radius 3 is 2.58 bits per heavy atom. The highest BCUT2D eigenvalue weighted by Crippen LogP contribution is 2.36. The first-order valence-corrected chi connectivity index (χ1v) is 7.45. The molecule has 0 radical (unpaired) electrons. The fraction of sp³-hybridized carbons (Fsp3) is 0.111. The summed E-state index contributed by atoms with van der Waals surface area (Å²) in [6, 6.07) is 12.9. The zero-order valence-electron chi connectivity index (χ0n) is 13.5. The molecule has 0 saturated heterocycles. The van der Waals surface area contributed by atoms with Crippen LogP contribution in [0.15, 0.2) is 48.0 Å². The molecule has 0 spiro atoms. The van der Waals surface area contributed by atoms with Crippen molar-refractivity contribution in [2.75, 3.05) is 6.61 Å². The highest BCUT2D eigenvalue weighted by molar-refractivity contribution is 5.98. The van der Waals surface area contributed by atoms with Crippen molar-refractivity contribution in [2.24, 2.45) is 0 Å². The van der Waals surface area contributed by atoms with Crippen molar-refractivity contribution in [2.45, 2.75) is 6.42 Å². The summed E-state index contributed by atoms with van der Waals surface area (Å²) < 4.78 is 5.03. The summed E-state index contributed by atoms with van der Waals surface area (Å²) in [6.45, 7) is 0.0584. The number of esters is 1. The van der Waals surface area contributed by atoms with Gasteiger partial charge in [0.15, 0.2) is 5.75 Å². The van der Waals surface area contributed by atoms with Crippen LogP contribution in [-0.4, -0.2) is 27.7 Å². The molecule has 0 aliphatic carbocycles. The van der Waals surface area contributed by atoms with Crippen molar-refractivity contribution < 1.29 is 24.7 Å². The van der Waals surface area contributed by atoms with E-state index in [-0.39, 0.29) is 12.2 Å². The number of aromatic hydroxyl groups is 2. The number of carbonyl (C=O) groups is 1. The molecule has 8 nitrogen and oxygen atoms in total. The zero-order chi connectivity index (χ0) is 19.1. The summed E-state index contributed by atoms with van der Waals surface area (Å²) in [7, 11) is 0. The van der Waals surface area contributed by atoms with Gasteiger partial charge < -0.3 is 14.9 Å². The van der Waals surface area contributed by atoms with Crippen LogP contribution in [0, 0.1) is 21.4 Å². The molecule has 0 fully saturated rings. The Morgan fingerprint density at radius 1 is 1.27 bits per heavy atom. The molecule has 0 heterocycles. The van der Waals surface area contributed by atoms with Crippen LogP contribution in [0.25, 0.3) is 6.08 Å². The average Bonchev–Trinajstić information content (AvgIpc) is 2.62. The number of rotatable bonds is 6. The number of hydrogen-bond acceptors (Lipinski definition) is 7. The molecule has 26 heavy (non-hydrogen) atoms. The standard InChI is InChI=1S/C18H14N2O6/c19-11-14(18(23)26-7-6-12-4-2-1-3-5-12)8-13-9-15(20(24)25)17(22)16(21)10-13/h1-5,8-10,21-22H,6-7H2/b14-8+. The van der Waals surface area contributed by atoms with Crippen LogP contribution in [0.4, 0.5) is 5.69 Å². The lowest BCUT2D eigenvalue weighted by molar-refractivity contribution is -0.386. The van der Waals surface area contributed by atoms with Crippen molar-refractivity contribution >= 4 is 17.7 Å². The Labute approximate surface area is 148 Å². The van der Waals surface area contributed by atoms with Crippen LogP contribution < -0.4 is 0 Å². The van der Waals surface area contributed by atoms with Crippen molar-refractivity contribution in [3.8, 4) is 17.6 Å². The molecule has 2 N–H and O–H groups in total. The number of phenolic OH excluding ortho intramolecular Hbond substituents is 2. The lowest BCUT2D eigenvalue weighted by Gasteiger charge is -2.05. The number of ether oxygens (including phenoxy) is 1. The van der Waals surface area contributed by atoms with Gasteiger partial charge in [0.05, 0.1) is 11.5 Å². The number of carbonyl (C=O) groups excluding carboxylic acids is 1. The first-order chi connectivity index (χ1) is 12.4. The maximum Gasteiger partial charge on any atom is 0.348 e. The van der Waals surface area contributed by atoms with E-state index in [2.05, 4.69) is 0 Å². The molecule has 132 valence electrons. The minimum atomic E-state index is -0.893. The molecule has 8 heteroatoms. The van der Waals surface area contributed by atoms with Crippen LogP contribution in [0.2, 0.25) is 0 Å². The fourth-order valence-corrected chi connectivity index (χ4v) is 2.14. The summed E-state index contributed by atoms with van der Waals surface area (Å²) in [6.07, 6.45) is 1.51. The Hall–Kier alpha value is -3.86. The predicted octanol–water partition coefficient (Wildman–Crippen LogP) is 2.70. The minimum Gasteiger partial charge on any atom is -0.504 e.